The van der Waals surface area contributed by atoms with Crippen molar-refractivity contribution in [2.24, 2.45) is 5.41 Å². The molecule has 0 amide bonds. The predicted octanol–water partition coefficient (Wildman–Crippen LogP) is 3.71. The van der Waals surface area contributed by atoms with Crippen molar-refractivity contribution < 1.29 is 14.3 Å². The highest BCUT2D eigenvalue weighted by Crippen LogP contribution is 2.60. The van der Waals surface area contributed by atoms with Crippen molar-refractivity contribution in [3.8, 4) is 0 Å². The molecule has 4 nitrogen and oxygen atoms in total. The molecule has 1 aliphatic heterocycles. The second-order valence-electron chi connectivity index (χ2n) is 6.54. The molecular weight excluding hydrogens is 278 g/mol. The second kappa shape index (κ2) is 4.99. The fourth-order valence-electron chi connectivity index (χ4n) is 4.03. The Morgan fingerprint density at radius 2 is 2.18 bits per heavy atom. The summed E-state index contributed by atoms with van der Waals surface area (Å²) in [4.78, 5) is 13.5. The number of benzene rings is 1. The Balaban J connectivity index is 1.56. The number of carbonyl (C=O) groups is 1. The Bertz CT molecular complexity index is 688. The molecule has 114 valence electrons. The van der Waals surface area contributed by atoms with Gasteiger partial charge in [0.25, 0.3) is 0 Å². The fourth-order valence-corrected chi connectivity index (χ4v) is 4.03. The summed E-state index contributed by atoms with van der Waals surface area (Å²) in [6, 6.07) is 11.6. The average Bonchev–Trinajstić information content (AvgIpc) is 2.94. The number of furan rings is 1. The molecule has 4 heteroatoms. The SMILES string of the molecule is O=C(O)c1cccc(CN2CC3(CCC3)C2c2ccco2)c1. The number of hydrogen-bond donors (Lipinski definition) is 1. The summed E-state index contributed by atoms with van der Waals surface area (Å²) < 4.78 is 5.66. The van der Waals surface area contributed by atoms with E-state index in [0.717, 1.165) is 24.4 Å². The van der Waals surface area contributed by atoms with Crippen LogP contribution in [0.25, 0.3) is 0 Å². The maximum absolute atomic E-state index is 11.1. The zero-order chi connectivity index (χ0) is 15.2. The van der Waals surface area contributed by atoms with Gasteiger partial charge in [0.2, 0.25) is 0 Å². The molecule has 1 saturated heterocycles. The first kappa shape index (κ1) is 13.6. The van der Waals surface area contributed by atoms with Crippen molar-refractivity contribution in [3.63, 3.8) is 0 Å². The van der Waals surface area contributed by atoms with Crippen LogP contribution in [0.1, 0.15) is 47.0 Å². The van der Waals surface area contributed by atoms with Crippen LogP contribution in [0.15, 0.2) is 47.1 Å². The van der Waals surface area contributed by atoms with Crippen LogP contribution in [0.5, 0.6) is 0 Å². The first-order valence-electron chi connectivity index (χ1n) is 7.78. The molecule has 1 atom stereocenters. The molecule has 1 spiro atoms. The lowest BCUT2D eigenvalue weighted by atomic mass is 9.57. The van der Waals surface area contributed by atoms with E-state index in [9.17, 15) is 4.79 Å². The molecule has 1 aromatic carbocycles. The van der Waals surface area contributed by atoms with Crippen LogP contribution >= 0.6 is 0 Å². The van der Waals surface area contributed by atoms with Crippen LogP contribution in [-0.2, 0) is 6.54 Å². The van der Waals surface area contributed by atoms with Gasteiger partial charge < -0.3 is 9.52 Å². The van der Waals surface area contributed by atoms with E-state index in [1.165, 1.54) is 19.3 Å². The summed E-state index contributed by atoms with van der Waals surface area (Å²) in [5, 5.41) is 9.12. The fraction of sp³-hybridized carbons (Fsp3) is 0.389. The van der Waals surface area contributed by atoms with Gasteiger partial charge in [-0.2, -0.15) is 0 Å². The van der Waals surface area contributed by atoms with Crippen molar-refractivity contribution in [1.82, 2.24) is 4.90 Å². The van der Waals surface area contributed by atoms with Crippen LogP contribution < -0.4 is 0 Å². The van der Waals surface area contributed by atoms with Crippen molar-refractivity contribution >= 4 is 5.97 Å². The maximum atomic E-state index is 11.1. The molecule has 1 saturated carbocycles. The Morgan fingerprint density at radius 3 is 2.82 bits per heavy atom. The standard InChI is InChI=1S/C18H19NO3/c20-17(21)14-5-1-4-13(10-14)11-19-12-18(7-3-8-18)16(19)15-6-2-9-22-15/h1-2,4-6,9-10,16H,3,7-8,11-12H2,(H,20,21). The molecule has 0 bridgehead atoms. The van der Waals surface area contributed by atoms with Crippen molar-refractivity contribution in [2.45, 2.75) is 31.8 Å². The Hall–Kier alpha value is -2.07. The van der Waals surface area contributed by atoms with Crippen LogP contribution in [-0.4, -0.2) is 22.5 Å². The van der Waals surface area contributed by atoms with Crippen molar-refractivity contribution in [3.05, 3.63) is 59.5 Å². The summed E-state index contributed by atoms with van der Waals surface area (Å²) in [7, 11) is 0. The molecule has 2 aromatic rings. The van der Waals surface area contributed by atoms with Gasteiger partial charge in [0.1, 0.15) is 5.76 Å². The molecule has 1 aromatic heterocycles. The monoisotopic (exact) mass is 297 g/mol. The van der Waals surface area contributed by atoms with E-state index in [2.05, 4.69) is 11.0 Å². The normalized spacial score (nSPS) is 23.0. The number of carboxylic acids is 1. The molecule has 2 fully saturated rings. The molecule has 1 unspecified atom stereocenters. The lowest BCUT2D eigenvalue weighted by molar-refractivity contribution is -0.141. The Labute approximate surface area is 129 Å². The molecule has 22 heavy (non-hydrogen) atoms. The van der Waals surface area contributed by atoms with Crippen molar-refractivity contribution in [2.75, 3.05) is 6.54 Å². The largest absolute Gasteiger partial charge is 0.478 e. The van der Waals surface area contributed by atoms with Gasteiger partial charge in [-0.25, -0.2) is 4.79 Å². The molecule has 1 N–H and O–H groups in total. The van der Waals surface area contributed by atoms with Crippen molar-refractivity contribution in [1.29, 1.82) is 0 Å². The van der Waals surface area contributed by atoms with Gasteiger partial charge in [-0.1, -0.05) is 18.6 Å². The summed E-state index contributed by atoms with van der Waals surface area (Å²) in [6.07, 6.45) is 5.58. The molecule has 1 aliphatic carbocycles. The smallest absolute Gasteiger partial charge is 0.335 e. The van der Waals surface area contributed by atoms with Gasteiger partial charge in [-0.05, 0) is 42.7 Å². The van der Waals surface area contributed by atoms with E-state index in [4.69, 9.17) is 9.52 Å². The zero-order valence-corrected chi connectivity index (χ0v) is 12.4. The lowest BCUT2D eigenvalue weighted by Crippen LogP contribution is -2.61. The van der Waals surface area contributed by atoms with E-state index >= 15 is 0 Å². The first-order chi connectivity index (χ1) is 10.7. The molecule has 2 heterocycles. The van der Waals surface area contributed by atoms with Crippen LogP contribution in [0, 0.1) is 5.41 Å². The van der Waals surface area contributed by atoms with Crippen LogP contribution in [0.4, 0.5) is 0 Å². The number of aromatic carboxylic acids is 1. The highest BCUT2D eigenvalue weighted by atomic mass is 16.4. The minimum absolute atomic E-state index is 0.338. The van der Waals surface area contributed by atoms with Gasteiger partial charge in [-0.15, -0.1) is 0 Å². The second-order valence-corrected chi connectivity index (χ2v) is 6.54. The third-order valence-corrected chi connectivity index (χ3v) is 5.18. The summed E-state index contributed by atoms with van der Waals surface area (Å²) in [6.45, 7) is 1.85. The average molecular weight is 297 g/mol. The lowest BCUT2D eigenvalue weighted by Gasteiger charge is -2.61. The Kier molecular flexibility index (Phi) is 3.08. The number of rotatable bonds is 4. The third-order valence-electron chi connectivity index (χ3n) is 5.18. The van der Waals surface area contributed by atoms with Gasteiger partial charge in [0.15, 0.2) is 0 Å². The third kappa shape index (κ3) is 2.06. The highest BCUT2D eigenvalue weighted by molar-refractivity contribution is 5.87. The molecule has 0 radical (unpaired) electrons. The van der Waals surface area contributed by atoms with Gasteiger partial charge in [0, 0.05) is 18.5 Å². The zero-order valence-electron chi connectivity index (χ0n) is 12.4. The quantitative estimate of drug-likeness (QED) is 0.934. The van der Waals surface area contributed by atoms with Gasteiger partial charge in [0.05, 0.1) is 17.9 Å². The highest BCUT2D eigenvalue weighted by Gasteiger charge is 2.57. The van der Waals surface area contributed by atoms with E-state index < -0.39 is 5.97 Å². The molecular formula is C18H19NO3. The van der Waals surface area contributed by atoms with E-state index in [1.807, 2.05) is 18.2 Å². The van der Waals surface area contributed by atoms with Gasteiger partial charge >= 0.3 is 5.97 Å². The Morgan fingerprint density at radius 1 is 1.32 bits per heavy atom. The minimum Gasteiger partial charge on any atom is -0.478 e. The summed E-state index contributed by atoms with van der Waals surface area (Å²) in [5.41, 5.74) is 1.79. The maximum Gasteiger partial charge on any atom is 0.335 e. The number of carboxylic acid groups (broad SMARTS) is 1. The van der Waals surface area contributed by atoms with E-state index in [1.54, 1.807) is 18.4 Å². The number of nitrogens with zero attached hydrogens (tertiary/aromatic N) is 1. The van der Waals surface area contributed by atoms with Crippen LogP contribution in [0.3, 0.4) is 0 Å². The van der Waals surface area contributed by atoms with Crippen LogP contribution in [0.2, 0.25) is 0 Å². The minimum atomic E-state index is -0.872. The summed E-state index contributed by atoms with van der Waals surface area (Å²) >= 11 is 0. The predicted molar refractivity (Wildman–Crippen MR) is 81.5 cm³/mol. The number of likely N-dealkylation sites (tertiary alicyclic amines) is 1. The molecule has 4 rings (SSSR count). The van der Waals surface area contributed by atoms with E-state index in [0.29, 0.717) is 17.0 Å². The number of hydrogen-bond acceptors (Lipinski definition) is 3. The topological polar surface area (TPSA) is 53.7 Å². The van der Waals surface area contributed by atoms with E-state index in [-0.39, 0.29) is 0 Å². The van der Waals surface area contributed by atoms with Gasteiger partial charge in [-0.3, -0.25) is 4.90 Å². The first-order valence-corrected chi connectivity index (χ1v) is 7.78. The molecule has 2 aliphatic rings. The summed E-state index contributed by atoms with van der Waals surface area (Å²) in [5.74, 6) is 0.170.